The summed E-state index contributed by atoms with van der Waals surface area (Å²) in [5, 5.41) is 2.45. The number of carbonyl (C=O) groups is 2. The van der Waals surface area contributed by atoms with Crippen molar-refractivity contribution >= 4 is 41.3 Å². The molecule has 1 fully saturated rings. The summed E-state index contributed by atoms with van der Waals surface area (Å²) in [6, 6.07) is 2.84. The van der Waals surface area contributed by atoms with E-state index in [0.717, 1.165) is 18.6 Å². The van der Waals surface area contributed by atoms with Gasteiger partial charge >= 0.3 is 6.18 Å². The number of hydrogen-bond donors (Lipinski definition) is 1. The van der Waals surface area contributed by atoms with Gasteiger partial charge in [0.1, 0.15) is 6.04 Å². The summed E-state index contributed by atoms with van der Waals surface area (Å²) in [4.78, 5) is 26.2. The molecule has 1 heterocycles. The van der Waals surface area contributed by atoms with Crippen LogP contribution in [-0.2, 0) is 15.8 Å². The maximum atomic E-state index is 12.9. The molecule has 0 spiro atoms. The first-order valence-corrected chi connectivity index (χ1v) is 9.90. The molecule has 0 aliphatic carbocycles. The predicted molar refractivity (Wildman–Crippen MR) is 101 cm³/mol. The number of hydrogen-bond acceptors (Lipinski definition) is 3. The lowest BCUT2D eigenvalue weighted by Gasteiger charge is -2.23. The summed E-state index contributed by atoms with van der Waals surface area (Å²) in [7, 11) is 0. The second-order valence-corrected chi connectivity index (χ2v) is 7.62. The third-order valence-electron chi connectivity index (χ3n) is 4.18. The molecule has 2 unspecified atom stereocenters. The van der Waals surface area contributed by atoms with Gasteiger partial charge in [-0.1, -0.05) is 24.6 Å². The van der Waals surface area contributed by atoms with Crippen LogP contribution in [0.15, 0.2) is 24.3 Å². The first-order valence-electron chi connectivity index (χ1n) is 8.37. The number of amides is 2. The predicted octanol–water partition coefficient (Wildman–Crippen LogP) is 4.19. The van der Waals surface area contributed by atoms with Gasteiger partial charge in [-0.2, -0.15) is 13.2 Å². The Morgan fingerprint density at radius 1 is 1.44 bits per heavy atom. The van der Waals surface area contributed by atoms with Crippen LogP contribution in [0.3, 0.4) is 0 Å². The Balaban J connectivity index is 2.11. The molecule has 2 atom stereocenters. The summed E-state index contributed by atoms with van der Waals surface area (Å²) >= 11 is 7.04. The Morgan fingerprint density at radius 2 is 2.15 bits per heavy atom. The monoisotopic (exact) mass is 420 g/mol. The highest BCUT2D eigenvalue weighted by Gasteiger charge is 2.34. The average Bonchev–Trinajstić information content (AvgIpc) is 3.09. The number of thioether (sulfide) groups is 1. The maximum Gasteiger partial charge on any atom is 0.417 e. The molecule has 0 bridgehead atoms. The van der Waals surface area contributed by atoms with E-state index in [9.17, 15) is 22.8 Å². The quantitative estimate of drug-likeness (QED) is 0.727. The van der Waals surface area contributed by atoms with E-state index in [1.165, 1.54) is 34.9 Å². The lowest BCUT2D eigenvalue weighted by Crippen LogP contribution is -2.48. The average molecular weight is 421 g/mol. The van der Waals surface area contributed by atoms with Crippen LogP contribution < -0.4 is 5.32 Å². The van der Waals surface area contributed by atoms with Crippen molar-refractivity contribution < 1.29 is 22.8 Å². The minimum Gasteiger partial charge on any atom is -0.352 e. The van der Waals surface area contributed by atoms with Crippen LogP contribution in [-0.4, -0.2) is 40.4 Å². The molecule has 1 aliphatic rings. The maximum absolute atomic E-state index is 12.9. The highest BCUT2D eigenvalue weighted by Crippen LogP contribution is 2.35. The highest BCUT2D eigenvalue weighted by molar-refractivity contribution is 7.99. The molecule has 1 aromatic carbocycles. The van der Waals surface area contributed by atoms with Crippen molar-refractivity contribution in [3.05, 3.63) is 40.4 Å². The van der Waals surface area contributed by atoms with Crippen LogP contribution >= 0.6 is 23.4 Å². The lowest BCUT2D eigenvalue weighted by atomic mass is 10.1. The van der Waals surface area contributed by atoms with Crippen molar-refractivity contribution in [2.75, 3.05) is 11.6 Å². The fraction of sp³-hybridized carbons (Fsp3) is 0.444. The first kappa shape index (κ1) is 21.6. The lowest BCUT2D eigenvalue weighted by molar-refractivity contribution is -0.137. The van der Waals surface area contributed by atoms with Crippen LogP contribution in [0.5, 0.6) is 0 Å². The molecule has 4 nitrogen and oxygen atoms in total. The SMILES string of the molecule is CCC(C)NC(=O)C1CSCN1C(=O)C=Cc1ccc(Cl)c(C(F)(F)F)c1. The first-order chi connectivity index (χ1) is 12.6. The summed E-state index contributed by atoms with van der Waals surface area (Å²) in [6.07, 6.45) is -1.33. The van der Waals surface area contributed by atoms with E-state index < -0.39 is 28.7 Å². The molecule has 1 N–H and O–H groups in total. The van der Waals surface area contributed by atoms with E-state index in [1.54, 1.807) is 0 Å². The zero-order valence-corrected chi connectivity index (χ0v) is 16.4. The summed E-state index contributed by atoms with van der Waals surface area (Å²) in [6.45, 7) is 3.83. The van der Waals surface area contributed by atoms with Gasteiger partial charge in [0.2, 0.25) is 11.8 Å². The zero-order chi connectivity index (χ0) is 20.2. The van der Waals surface area contributed by atoms with Crippen LogP contribution in [0, 0.1) is 0 Å². The minimum absolute atomic E-state index is 0.00505. The molecular weight excluding hydrogens is 401 g/mol. The largest absolute Gasteiger partial charge is 0.417 e. The second-order valence-electron chi connectivity index (χ2n) is 6.21. The van der Waals surface area contributed by atoms with Gasteiger partial charge in [0.25, 0.3) is 0 Å². The standard InChI is InChI=1S/C18H20ClF3N2O2S/c1-3-11(2)23-17(26)15-9-27-10-24(15)16(25)7-5-12-4-6-14(19)13(8-12)18(20,21)22/h4-8,11,15H,3,9-10H2,1-2H3,(H,23,26). The highest BCUT2D eigenvalue weighted by atomic mass is 35.5. The van der Waals surface area contributed by atoms with Crippen molar-refractivity contribution in [2.45, 2.75) is 38.5 Å². The Morgan fingerprint density at radius 3 is 2.78 bits per heavy atom. The van der Waals surface area contributed by atoms with Gasteiger partial charge in [0.05, 0.1) is 16.5 Å². The van der Waals surface area contributed by atoms with E-state index in [1.807, 2.05) is 13.8 Å². The molecular formula is C18H20ClF3N2O2S. The smallest absolute Gasteiger partial charge is 0.352 e. The number of nitrogens with zero attached hydrogens (tertiary/aromatic N) is 1. The Bertz CT molecular complexity index is 740. The third kappa shape index (κ3) is 5.65. The van der Waals surface area contributed by atoms with Crippen LogP contribution in [0.1, 0.15) is 31.4 Å². The van der Waals surface area contributed by atoms with Gasteiger partial charge in [-0.15, -0.1) is 11.8 Å². The topological polar surface area (TPSA) is 49.4 Å². The number of nitrogens with one attached hydrogen (secondary N) is 1. The fourth-order valence-electron chi connectivity index (χ4n) is 2.45. The number of benzene rings is 1. The molecule has 1 aromatic rings. The van der Waals surface area contributed by atoms with E-state index in [4.69, 9.17) is 11.6 Å². The molecule has 2 amide bonds. The Kier molecular flexibility index (Phi) is 7.22. The molecule has 1 aliphatic heterocycles. The fourth-order valence-corrected chi connectivity index (χ4v) is 3.83. The molecule has 0 saturated carbocycles. The van der Waals surface area contributed by atoms with Crippen molar-refractivity contribution in [2.24, 2.45) is 0 Å². The van der Waals surface area contributed by atoms with Crippen molar-refractivity contribution in [3.63, 3.8) is 0 Å². The molecule has 1 saturated heterocycles. The normalized spacial score (nSPS) is 18.7. The van der Waals surface area contributed by atoms with Crippen molar-refractivity contribution in [1.82, 2.24) is 10.2 Å². The van der Waals surface area contributed by atoms with E-state index >= 15 is 0 Å². The molecule has 0 radical (unpaired) electrons. The number of rotatable bonds is 5. The van der Waals surface area contributed by atoms with Gasteiger partial charge in [-0.25, -0.2) is 0 Å². The third-order valence-corrected chi connectivity index (χ3v) is 5.53. The van der Waals surface area contributed by atoms with Gasteiger partial charge in [-0.05, 0) is 37.1 Å². The molecule has 9 heteroatoms. The van der Waals surface area contributed by atoms with Crippen molar-refractivity contribution in [3.8, 4) is 0 Å². The summed E-state index contributed by atoms with van der Waals surface area (Å²) in [5.74, 6) is 0.201. The van der Waals surface area contributed by atoms with Gasteiger partial charge in [-0.3, -0.25) is 9.59 Å². The Hall–Kier alpha value is -1.67. The van der Waals surface area contributed by atoms with E-state index in [0.29, 0.717) is 11.6 Å². The zero-order valence-electron chi connectivity index (χ0n) is 14.8. The number of alkyl halides is 3. The summed E-state index contributed by atoms with van der Waals surface area (Å²) < 4.78 is 38.7. The molecule has 0 aromatic heterocycles. The number of halogens is 4. The van der Waals surface area contributed by atoms with Gasteiger partial charge in [0, 0.05) is 17.9 Å². The minimum atomic E-state index is -4.57. The molecule has 2 rings (SSSR count). The van der Waals surface area contributed by atoms with Crippen LogP contribution in [0.2, 0.25) is 5.02 Å². The van der Waals surface area contributed by atoms with Gasteiger partial charge < -0.3 is 10.2 Å². The summed E-state index contributed by atoms with van der Waals surface area (Å²) in [5.41, 5.74) is -0.756. The van der Waals surface area contributed by atoms with Gasteiger partial charge in [0.15, 0.2) is 0 Å². The molecule has 148 valence electrons. The van der Waals surface area contributed by atoms with Crippen molar-refractivity contribution in [1.29, 1.82) is 0 Å². The number of carbonyl (C=O) groups excluding carboxylic acids is 2. The Labute approximate surface area is 165 Å². The van der Waals surface area contributed by atoms with Crippen LogP contribution in [0.25, 0.3) is 6.08 Å². The second kappa shape index (κ2) is 9.01. The van der Waals surface area contributed by atoms with E-state index in [-0.39, 0.29) is 17.5 Å². The van der Waals surface area contributed by atoms with Crippen LogP contribution in [0.4, 0.5) is 13.2 Å². The van der Waals surface area contributed by atoms with E-state index in [2.05, 4.69) is 5.32 Å². The molecule has 27 heavy (non-hydrogen) atoms.